The van der Waals surface area contributed by atoms with Crippen molar-refractivity contribution in [1.82, 2.24) is 4.90 Å². The Bertz CT molecular complexity index is 327. The Morgan fingerprint density at radius 3 is 2.56 bits per heavy atom. The highest BCUT2D eigenvalue weighted by Crippen LogP contribution is 2.18. The second-order valence-corrected chi connectivity index (χ2v) is 4.79. The van der Waals surface area contributed by atoms with Crippen molar-refractivity contribution in [3.05, 3.63) is 11.6 Å². The molecule has 0 bridgehead atoms. The number of aliphatic carboxylic acids is 1. The highest BCUT2D eigenvalue weighted by Gasteiger charge is 2.26. The van der Waals surface area contributed by atoms with Gasteiger partial charge >= 0.3 is 12.1 Å². The van der Waals surface area contributed by atoms with Crippen molar-refractivity contribution >= 4 is 12.1 Å². The fourth-order valence-corrected chi connectivity index (χ4v) is 1.46. The van der Waals surface area contributed by atoms with E-state index in [1.54, 1.807) is 20.8 Å². The van der Waals surface area contributed by atoms with E-state index in [0.717, 1.165) is 11.6 Å². The van der Waals surface area contributed by atoms with Crippen LogP contribution in [0.3, 0.4) is 0 Å². The van der Waals surface area contributed by atoms with Gasteiger partial charge in [-0.05, 0) is 32.8 Å². The lowest BCUT2D eigenvalue weighted by molar-refractivity contribution is -0.131. The van der Waals surface area contributed by atoms with Crippen LogP contribution in [0.1, 0.15) is 27.2 Å². The quantitative estimate of drug-likeness (QED) is 0.691. The maximum absolute atomic E-state index is 11.6. The predicted molar refractivity (Wildman–Crippen MR) is 58.1 cm³/mol. The first-order valence-corrected chi connectivity index (χ1v) is 5.18. The van der Waals surface area contributed by atoms with Crippen molar-refractivity contribution in [2.24, 2.45) is 0 Å². The van der Waals surface area contributed by atoms with E-state index in [1.807, 2.05) is 0 Å². The Kier molecular flexibility index (Phi) is 3.57. The van der Waals surface area contributed by atoms with Crippen molar-refractivity contribution in [3.63, 3.8) is 0 Å². The Balaban J connectivity index is 2.54. The van der Waals surface area contributed by atoms with Gasteiger partial charge in [-0.2, -0.15) is 0 Å². The summed E-state index contributed by atoms with van der Waals surface area (Å²) in [5.74, 6) is -0.971. The van der Waals surface area contributed by atoms with E-state index in [2.05, 4.69) is 0 Å². The molecule has 1 saturated heterocycles. The zero-order valence-electron chi connectivity index (χ0n) is 9.82. The van der Waals surface area contributed by atoms with Crippen LogP contribution in [0.5, 0.6) is 0 Å². The molecule has 1 fully saturated rings. The monoisotopic (exact) mass is 227 g/mol. The lowest BCUT2D eigenvalue weighted by atomic mass is 10.2. The third kappa shape index (κ3) is 3.92. The zero-order valence-corrected chi connectivity index (χ0v) is 9.82. The maximum Gasteiger partial charge on any atom is 0.410 e. The third-order valence-electron chi connectivity index (χ3n) is 2.08. The van der Waals surface area contributed by atoms with Crippen molar-refractivity contribution in [1.29, 1.82) is 0 Å². The fourth-order valence-electron chi connectivity index (χ4n) is 1.46. The number of ether oxygens (including phenoxy) is 1. The average Bonchev–Trinajstić information content (AvgIpc) is 2.48. The molecule has 0 unspecified atom stereocenters. The number of carboxylic acid groups (broad SMARTS) is 1. The molecule has 0 atom stereocenters. The molecular formula is C11H17NO4. The molecule has 0 saturated carbocycles. The van der Waals surface area contributed by atoms with Crippen LogP contribution in [0.2, 0.25) is 0 Å². The molecule has 5 nitrogen and oxygen atoms in total. The van der Waals surface area contributed by atoms with Crippen LogP contribution >= 0.6 is 0 Å². The van der Waals surface area contributed by atoms with Crippen LogP contribution in [0, 0.1) is 0 Å². The van der Waals surface area contributed by atoms with Gasteiger partial charge in [-0.3, -0.25) is 0 Å². The molecule has 90 valence electrons. The molecule has 1 amide bonds. The fraction of sp³-hybridized carbons (Fsp3) is 0.636. The summed E-state index contributed by atoms with van der Waals surface area (Å²) in [5.41, 5.74) is 0.231. The topological polar surface area (TPSA) is 66.8 Å². The van der Waals surface area contributed by atoms with E-state index >= 15 is 0 Å². The van der Waals surface area contributed by atoms with E-state index in [4.69, 9.17) is 9.84 Å². The molecule has 0 aromatic rings. The van der Waals surface area contributed by atoms with Gasteiger partial charge in [-0.25, -0.2) is 9.59 Å². The second kappa shape index (κ2) is 4.55. The summed E-state index contributed by atoms with van der Waals surface area (Å²) in [7, 11) is 0. The minimum Gasteiger partial charge on any atom is -0.478 e. The van der Waals surface area contributed by atoms with Gasteiger partial charge in [0.25, 0.3) is 0 Å². The number of rotatable bonds is 1. The van der Waals surface area contributed by atoms with Gasteiger partial charge in [0.1, 0.15) is 5.60 Å². The first-order valence-electron chi connectivity index (χ1n) is 5.18. The Morgan fingerprint density at radius 1 is 1.44 bits per heavy atom. The first-order chi connectivity index (χ1) is 7.28. The molecule has 1 rings (SSSR count). The summed E-state index contributed by atoms with van der Waals surface area (Å²) in [6.45, 7) is 6.27. The van der Waals surface area contributed by atoms with Crippen LogP contribution in [0.15, 0.2) is 11.6 Å². The van der Waals surface area contributed by atoms with Gasteiger partial charge in [0, 0.05) is 19.2 Å². The van der Waals surface area contributed by atoms with E-state index in [0.29, 0.717) is 19.5 Å². The highest BCUT2D eigenvalue weighted by atomic mass is 16.6. The van der Waals surface area contributed by atoms with E-state index in [-0.39, 0.29) is 6.09 Å². The molecule has 5 heteroatoms. The smallest absolute Gasteiger partial charge is 0.410 e. The molecule has 1 aliphatic rings. The van der Waals surface area contributed by atoms with Crippen LogP contribution in [0.4, 0.5) is 4.79 Å². The average molecular weight is 227 g/mol. The van der Waals surface area contributed by atoms with Gasteiger partial charge in [0.2, 0.25) is 0 Å². The number of hydrogen-bond donors (Lipinski definition) is 1. The summed E-state index contributed by atoms with van der Waals surface area (Å²) >= 11 is 0. The number of nitrogens with zero attached hydrogens (tertiary/aromatic N) is 1. The van der Waals surface area contributed by atoms with Crippen LogP contribution in [-0.2, 0) is 9.53 Å². The summed E-state index contributed by atoms with van der Waals surface area (Å²) < 4.78 is 5.19. The molecule has 0 aromatic carbocycles. The number of likely N-dealkylation sites (tertiary alicyclic amines) is 1. The lowest BCUT2D eigenvalue weighted by Gasteiger charge is -2.23. The molecule has 16 heavy (non-hydrogen) atoms. The molecule has 0 aromatic heterocycles. The minimum absolute atomic E-state index is 0.348. The van der Waals surface area contributed by atoms with Gasteiger partial charge in [0.15, 0.2) is 0 Å². The maximum atomic E-state index is 11.6. The predicted octanol–water partition coefficient (Wildman–Crippen LogP) is 1.64. The minimum atomic E-state index is -0.971. The number of carbonyl (C=O) groups is 2. The normalized spacial score (nSPS) is 18.9. The van der Waals surface area contributed by atoms with Gasteiger partial charge < -0.3 is 14.7 Å². The van der Waals surface area contributed by atoms with E-state index < -0.39 is 11.6 Å². The lowest BCUT2D eigenvalue weighted by Crippen LogP contribution is -2.34. The molecule has 0 aliphatic carbocycles. The zero-order chi connectivity index (χ0) is 12.3. The summed E-state index contributed by atoms with van der Waals surface area (Å²) in [6, 6.07) is 0. The summed E-state index contributed by atoms with van der Waals surface area (Å²) in [5, 5.41) is 8.57. The number of amides is 1. The van der Waals surface area contributed by atoms with Gasteiger partial charge in [-0.15, -0.1) is 0 Å². The number of carboxylic acids is 1. The molecular weight excluding hydrogens is 210 g/mol. The molecule has 0 radical (unpaired) electrons. The number of carbonyl (C=O) groups excluding carboxylic acids is 1. The first kappa shape index (κ1) is 12.5. The largest absolute Gasteiger partial charge is 0.478 e. The van der Waals surface area contributed by atoms with Crippen LogP contribution < -0.4 is 0 Å². The van der Waals surface area contributed by atoms with E-state index in [9.17, 15) is 9.59 Å². The molecule has 0 spiro atoms. The van der Waals surface area contributed by atoms with Crippen LogP contribution in [-0.4, -0.2) is 40.8 Å². The van der Waals surface area contributed by atoms with E-state index in [1.165, 1.54) is 4.90 Å². The SMILES string of the molecule is CC(C)(C)OC(=O)N1CC/C(=C/C(=O)O)C1. The Labute approximate surface area is 94.7 Å². The summed E-state index contributed by atoms with van der Waals surface area (Å²) in [6.07, 6.45) is 1.37. The van der Waals surface area contributed by atoms with Crippen molar-refractivity contribution in [2.45, 2.75) is 32.8 Å². The third-order valence-corrected chi connectivity index (χ3v) is 2.08. The number of hydrogen-bond acceptors (Lipinski definition) is 3. The highest BCUT2D eigenvalue weighted by molar-refractivity contribution is 5.81. The van der Waals surface area contributed by atoms with Crippen molar-refractivity contribution in [3.8, 4) is 0 Å². The summed E-state index contributed by atoms with van der Waals surface area (Å²) in [4.78, 5) is 23.6. The molecule has 1 N–H and O–H groups in total. The van der Waals surface area contributed by atoms with Crippen molar-refractivity contribution < 1.29 is 19.4 Å². The standard InChI is InChI=1S/C11H17NO4/c1-11(2,3)16-10(15)12-5-4-8(7-12)6-9(13)14/h6H,4-5,7H2,1-3H3,(H,13,14)/b8-6-. The van der Waals surface area contributed by atoms with Crippen LogP contribution in [0.25, 0.3) is 0 Å². The Hall–Kier alpha value is -1.52. The van der Waals surface area contributed by atoms with Gasteiger partial charge in [-0.1, -0.05) is 0 Å². The molecule has 1 aliphatic heterocycles. The molecule has 1 heterocycles. The van der Waals surface area contributed by atoms with Gasteiger partial charge in [0.05, 0.1) is 0 Å². The second-order valence-electron chi connectivity index (χ2n) is 4.79. The van der Waals surface area contributed by atoms with Crippen molar-refractivity contribution in [2.75, 3.05) is 13.1 Å². The Morgan fingerprint density at radius 2 is 2.06 bits per heavy atom.